The molecule has 0 aliphatic heterocycles. The molecule has 0 saturated heterocycles. The summed E-state index contributed by atoms with van der Waals surface area (Å²) >= 11 is 0. The Morgan fingerprint density at radius 2 is 1.66 bits per heavy atom. The molecule has 3 amide bonds. The smallest absolute Gasteiger partial charge is 0.315 e. The minimum atomic E-state index is -0.140. The molecule has 1 saturated carbocycles. The average molecular weight is 396 g/mol. The summed E-state index contributed by atoms with van der Waals surface area (Å²) in [5.41, 5.74) is 0.629. The predicted octanol–water partition coefficient (Wildman–Crippen LogP) is 4.83. The van der Waals surface area contributed by atoms with Crippen LogP contribution in [0.15, 0.2) is 54.6 Å². The lowest BCUT2D eigenvalue weighted by Gasteiger charge is -2.22. The Morgan fingerprint density at radius 1 is 0.931 bits per heavy atom. The number of urea groups is 1. The van der Waals surface area contributed by atoms with E-state index in [2.05, 4.69) is 16.0 Å². The van der Waals surface area contributed by atoms with Crippen molar-refractivity contribution in [2.45, 2.75) is 51.0 Å². The van der Waals surface area contributed by atoms with Crippen LogP contribution in [0.2, 0.25) is 0 Å². The second-order valence-electron chi connectivity index (χ2n) is 7.30. The van der Waals surface area contributed by atoms with E-state index in [-0.39, 0.29) is 18.0 Å². The second-order valence-corrected chi connectivity index (χ2v) is 7.30. The van der Waals surface area contributed by atoms with E-state index in [0.29, 0.717) is 36.6 Å². The molecule has 0 radical (unpaired) electrons. The monoisotopic (exact) mass is 395 g/mol. The van der Waals surface area contributed by atoms with Crippen molar-refractivity contribution in [2.75, 3.05) is 11.9 Å². The first-order valence-electron chi connectivity index (χ1n) is 10.4. The summed E-state index contributed by atoms with van der Waals surface area (Å²) in [6, 6.07) is 16.9. The third-order valence-electron chi connectivity index (χ3n) is 4.94. The molecule has 6 nitrogen and oxygen atoms in total. The van der Waals surface area contributed by atoms with Crippen LogP contribution in [-0.4, -0.2) is 24.5 Å². The van der Waals surface area contributed by atoms with Crippen LogP contribution in [0.1, 0.15) is 44.9 Å². The van der Waals surface area contributed by atoms with Crippen molar-refractivity contribution in [2.24, 2.45) is 0 Å². The van der Waals surface area contributed by atoms with Crippen molar-refractivity contribution in [3.8, 4) is 11.5 Å². The first-order chi connectivity index (χ1) is 14.2. The molecular weight excluding hydrogens is 366 g/mol. The molecule has 1 fully saturated rings. The zero-order valence-electron chi connectivity index (χ0n) is 16.7. The Hall–Kier alpha value is -3.02. The molecule has 2 aromatic rings. The van der Waals surface area contributed by atoms with Crippen LogP contribution in [0.5, 0.6) is 11.5 Å². The first-order valence-corrected chi connectivity index (χ1v) is 10.4. The Bertz CT molecular complexity index is 789. The number of carbonyl (C=O) groups excluding carboxylic acids is 2. The summed E-state index contributed by atoms with van der Waals surface area (Å²) in [6.07, 6.45) is 6.63. The van der Waals surface area contributed by atoms with Gasteiger partial charge in [0.1, 0.15) is 5.75 Å². The van der Waals surface area contributed by atoms with Gasteiger partial charge in [-0.25, -0.2) is 4.79 Å². The Morgan fingerprint density at radius 3 is 2.45 bits per heavy atom. The van der Waals surface area contributed by atoms with Crippen LogP contribution in [0.3, 0.4) is 0 Å². The maximum absolute atomic E-state index is 12.3. The fourth-order valence-corrected chi connectivity index (χ4v) is 3.42. The van der Waals surface area contributed by atoms with Crippen LogP contribution in [0, 0.1) is 0 Å². The highest BCUT2D eigenvalue weighted by molar-refractivity contribution is 5.92. The molecule has 2 aromatic carbocycles. The number of para-hydroxylation sites is 3. The number of carbonyl (C=O) groups is 2. The minimum Gasteiger partial charge on any atom is -0.455 e. The number of anilines is 1. The van der Waals surface area contributed by atoms with Crippen molar-refractivity contribution < 1.29 is 14.3 Å². The van der Waals surface area contributed by atoms with Crippen LogP contribution in [0.25, 0.3) is 0 Å². The zero-order valence-corrected chi connectivity index (χ0v) is 16.7. The van der Waals surface area contributed by atoms with Gasteiger partial charge in [0.05, 0.1) is 5.69 Å². The van der Waals surface area contributed by atoms with E-state index in [9.17, 15) is 9.59 Å². The summed E-state index contributed by atoms with van der Waals surface area (Å²) in [5.74, 6) is 1.20. The van der Waals surface area contributed by atoms with E-state index in [1.165, 1.54) is 19.3 Å². The average Bonchev–Trinajstić information content (AvgIpc) is 2.74. The number of ether oxygens (including phenoxy) is 1. The maximum atomic E-state index is 12.3. The van der Waals surface area contributed by atoms with Gasteiger partial charge >= 0.3 is 6.03 Å². The number of amides is 3. The SMILES string of the molecule is O=C(CCCNC(=O)NC1CCCCC1)Nc1ccccc1Oc1ccccc1. The summed E-state index contributed by atoms with van der Waals surface area (Å²) in [5, 5.41) is 8.74. The molecule has 0 bridgehead atoms. The Kier molecular flexibility index (Phi) is 7.92. The highest BCUT2D eigenvalue weighted by Gasteiger charge is 2.15. The second kappa shape index (κ2) is 11.1. The van der Waals surface area contributed by atoms with E-state index in [1.807, 2.05) is 54.6 Å². The number of hydrogen-bond donors (Lipinski definition) is 3. The van der Waals surface area contributed by atoms with Gasteiger partial charge in [-0.15, -0.1) is 0 Å². The molecule has 6 heteroatoms. The van der Waals surface area contributed by atoms with E-state index in [1.54, 1.807) is 0 Å². The highest BCUT2D eigenvalue weighted by Crippen LogP contribution is 2.29. The fraction of sp³-hybridized carbons (Fsp3) is 0.391. The maximum Gasteiger partial charge on any atom is 0.315 e. The first kappa shape index (κ1) is 20.7. The van der Waals surface area contributed by atoms with E-state index >= 15 is 0 Å². The lowest BCUT2D eigenvalue weighted by atomic mass is 9.96. The third-order valence-corrected chi connectivity index (χ3v) is 4.94. The van der Waals surface area contributed by atoms with Crippen LogP contribution >= 0.6 is 0 Å². The molecule has 3 N–H and O–H groups in total. The van der Waals surface area contributed by atoms with Gasteiger partial charge in [-0.05, 0) is 43.5 Å². The summed E-state index contributed by atoms with van der Waals surface area (Å²) < 4.78 is 5.86. The fourth-order valence-electron chi connectivity index (χ4n) is 3.42. The Balaban J connectivity index is 1.39. The van der Waals surface area contributed by atoms with Crippen molar-refractivity contribution in [1.82, 2.24) is 10.6 Å². The molecule has 29 heavy (non-hydrogen) atoms. The summed E-state index contributed by atoms with van der Waals surface area (Å²) in [7, 11) is 0. The Labute approximate surface area is 172 Å². The molecule has 0 aromatic heterocycles. The minimum absolute atomic E-state index is 0.108. The van der Waals surface area contributed by atoms with Gasteiger partial charge in [0.2, 0.25) is 5.91 Å². The number of rotatable bonds is 8. The zero-order chi connectivity index (χ0) is 20.3. The molecule has 3 rings (SSSR count). The van der Waals surface area contributed by atoms with Gasteiger partial charge in [0, 0.05) is 19.0 Å². The molecular formula is C23H29N3O3. The van der Waals surface area contributed by atoms with E-state index in [4.69, 9.17) is 4.74 Å². The molecule has 0 heterocycles. The van der Waals surface area contributed by atoms with Gasteiger partial charge in [-0.3, -0.25) is 4.79 Å². The van der Waals surface area contributed by atoms with E-state index in [0.717, 1.165) is 12.8 Å². The van der Waals surface area contributed by atoms with Crippen molar-refractivity contribution >= 4 is 17.6 Å². The quantitative estimate of drug-likeness (QED) is 0.560. The standard InChI is InChI=1S/C23H29N3O3/c27-22(16-9-17-24-23(28)25-18-10-3-1-4-11-18)26-20-14-7-8-15-21(20)29-19-12-5-2-6-13-19/h2,5-8,12-15,18H,1,3-4,9-11,16-17H2,(H,26,27)(H2,24,25,28). The highest BCUT2D eigenvalue weighted by atomic mass is 16.5. The number of nitrogens with one attached hydrogen (secondary N) is 3. The van der Waals surface area contributed by atoms with E-state index < -0.39 is 0 Å². The number of benzene rings is 2. The van der Waals surface area contributed by atoms with Gasteiger partial charge in [-0.1, -0.05) is 49.6 Å². The normalized spacial score (nSPS) is 14.1. The van der Waals surface area contributed by atoms with Gasteiger partial charge in [0.25, 0.3) is 0 Å². The third kappa shape index (κ3) is 7.14. The molecule has 1 aliphatic rings. The number of hydrogen-bond acceptors (Lipinski definition) is 3. The van der Waals surface area contributed by atoms with Crippen molar-refractivity contribution in [3.05, 3.63) is 54.6 Å². The molecule has 0 unspecified atom stereocenters. The topological polar surface area (TPSA) is 79.5 Å². The van der Waals surface area contributed by atoms with Gasteiger partial charge < -0.3 is 20.7 Å². The van der Waals surface area contributed by atoms with Crippen LogP contribution < -0.4 is 20.7 Å². The van der Waals surface area contributed by atoms with Crippen LogP contribution in [0.4, 0.5) is 10.5 Å². The van der Waals surface area contributed by atoms with Crippen molar-refractivity contribution in [3.63, 3.8) is 0 Å². The van der Waals surface area contributed by atoms with Crippen molar-refractivity contribution in [1.29, 1.82) is 0 Å². The summed E-state index contributed by atoms with van der Waals surface area (Å²) in [6.45, 7) is 0.466. The van der Waals surface area contributed by atoms with Gasteiger partial charge in [-0.2, -0.15) is 0 Å². The van der Waals surface area contributed by atoms with Gasteiger partial charge in [0.15, 0.2) is 5.75 Å². The predicted molar refractivity (Wildman–Crippen MR) is 114 cm³/mol. The summed E-state index contributed by atoms with van der Waals surface area (Å²) in [4.78, 5) is 24.2. The molecule has 1 aliphatic carbocycles. The molecule has 0 atom stereocenters. The van der Waals surface area contributed by atoms with Crippen LogP contribution in [-0.2, 0) is 4.79 Å². The molecule has 154 valence electrons. The lowest BCUT2D eigenvalue weighted by Crippen LogP contribution is -2.43. The lowest BCUT2D eigenvalue weighted by molar-refractivity contribution is -0.116. The largest absolute Gasteiger partial charge is 0.455 e. The molecule has 0 spiro atoms.